The lowest BCUT2D eigenvalue weighted by Crippen LogP contribution is -2.30. The molecule has 0 saturated heterocycles. The van der Waals surface area contributed by atoms with Crippen molar-refractivity contribution in [3.8, 4) is 0 Å². The summed E-state index contributed by atoms with van der Waals surface area (Å²) in [4.78, 5) is 35.1. The molecular formula is C7H15O8P. The normalized spacial score (nSPS) is 14.3. The van der Waals surface area contributed by atoms with E-state index in [1.165, 1.54) is 6.92 Å². The molecule has 0 aliphatic rings. The highest BCUT2D eigenvalue weighted by atomic mass is 31.2. The van der Waals surface area contributed by atoms with E-state index >= 15 is 0 Å². The standard InChI is InChI=1S/C5H11O7P.C2H4O/c6-2-1-4(7)5(8)3-12-13(9,10)11;1-2-3/h2,4-5,7-8H,1,3H2,(H2,9,10,11);2H,1H3. The summed E-state index contributed by atoms with van der Waals surface area (Å²) in [6.07, 6.45) is -2.04. The second-order valence-electron chi connectivity index (χ2n) is 2.56. The molecule has 0 radical (unpaired) electrons. The number of hydrogen-bond donors (Lipinski definition) is 4. The second-order valence-corrected chi connectivity index (χ2v) is 3.80. The maximum Gasteiger partial charge on any atom is 0.469 e. The lowest BCUT2D eigenvalue weighted by Gasteiger charge is -2.15. The van der Waals surface area contributed by atoms with Crippen molar-refractivity contribution in [1.82, 2.24) is 0 Å². The number of carbonyl (C=O) groups is 2. The highest BCUT2D eigenvalue weighted by Crippen LogP contribution is 2.35. The van der Waals surface area contributed by atoms with Crippen molar-refractivity contribution in [2.24, 2.45) is 0 Å². The third-order valence-corrected chi connectivity index (χ3v) is 1.68. The molecule has 2 atom stereocenters. The SMILES string of the molecule is CC=O.O=CCC(O)C(O)COP(=O)(O)O. The Morgan fingerprint density at radius 3 is 2.00 bits per heavy atom. The van der Waals surface area contributed by atoms with Gasteiger partial charge in [0.25, 0.3) is 0 Å². The number of aliphatic hydroxyl groups excluding tert-OH is 2. The monoisotopic (exact) mass is 258 g/mol. The van der Waals surface area contributed by atoms with Crippen LogP contribution in [0.5, 0.6) is 0 Å². The third-order valence-electron chi connectivity index (χ3n) is 1.20. The summed E-state index contributed by atoms with van der Waals surface area (Å²) in [7, 11) is -4.64. The topological polar surface area (TPSA) is 141 Å². The minimum absolute atomic E-state index is 0.314. The summed E-state index contributed by atoms with van der Waals surface area (Å²) >= 11 is 0. The maximum atomic E-state index is 10.1. The van der Waals surface area contributed by atoms with Crippen LogP contribution in [-0.4, -0.2) is 51.4 Å². The van der Waals surface area contributed by atoms with Crippen molar-refractivity contribution < 1.29 is 38.7 Å². The van der Waals surface area contributed by atoms with Crippen LogP contribution in [0, 0.1) is 0 Å². The molecule has 0 aromatic heterocycles. The van der Waals surface area contributed by atoms with Gasteiger partial charge in [-0.25, -0.2) is 4.57 Å². The Labute approximate surface area is 92.1 Å². The maximum absolute atomic E-state index is 10.1. The summed E-state index contributed by atoms with van der Waals surface area (Å²) < 4.78 is 14.0. The Morgan fingerprint density at radius 2 is 1.69 bits per heavy atom. The summed E-state index contributed by atoms with van der Waals surface area (Å²) in [5.74, 6) is 0. The van der Waals surface area contributed by atoms with Crippen LogP contribution in [0.3, 0.4) is 0 Å². The molecule has 0 bridgehead atoms. The Kier molecular flexibility index (Phi) is 10.6. The quantitative estimate of drug-likeness (QED) is 0.337. The Balaban J connectivity index is 0. The number of hydrogen-bond acceptors (Lipinski definition) is 6. The van der Waals surface area contributed by atoms with Crippen molar-refractivity contribution in [3.63, 3.8) is 0 Å². The lowest BCUT2D eigenvalue weighted by atomic mass is 10.2. The molecule has 0 aliphatic carbocycles. The first-order chi connectivity index (χ1) is 7.28. The first kappa shape index (κ1) is 17.8. The van der Waals surface area contributed by atoms with Crippen molar-refractivity contribution in [2.75, 3.05) is 6.61 Å². The minimum Gasteiger partial charge on any atom is -0.390 e. The van der Waals surface area contributed by atoms with Crippen molar-refractivity contribution >= 4 is 20.4 Å². The first-order valence-electron chi connectivity index (χ1n) is 4.18. The Hall–Kier alpha value is -0.630. The van der Waals surface area contributed by atoms with Gasteiger partial charge in [0.1, 0.15) is 18.7 Å². The van der Waals surface area contributed by atoms with Crippen LogP contribution in [0.25, 0.3) is 0 Å². The molecule has 0 aromatic carbocycles. The highest BCUT2D eigenvalue weighted by molar-refractivity contribution is 7.46. The molecular weight excluding hydrogens is 243 g/mol. The van der Waals surface area contributed by atoms with Gasteiger partial charge >= 0.3 is 7.82 Å². The van der Waals surface area contributed by atoms with E-state index in [2.05, 4.69) is 4.52 Å². The van der Waals surface area contributed by atoms with Crippen LogP contribution >= 0.6 is 7.82 Å². The largest absolute Gasteiger partial charge is 0.469 e. The zero-order valence-corrected chi connectivity index (χ0v) is 9.49. The van der Waals surface area contributed by atoms with Gasteiger partial charge in [0.05, 0.1) is 12.7 Å². The van der Waals surface area contributed by atoms with Crippen molar-refractivity contribution in [2.45, 2.75) is 25.6 Å². The number of phosphoric ester groups is 1. The molecule has 0 amide bonds. The number of carbonyl (C=O) groups excluding carboxylic acids is 2. The Bertz CT molecular complexity index is 237. The molecule has 9 heteroatoms. The van der Waals surface area contributed by atoms with E-state index in [-0.39, 0.29) is 6.42 Å². The fourth-order valence-electron chi connectivity index (χ4n) is 0.540. The predicted octanol–water partition coefficient (Wildman–Crippen LogP) is -1.39. The number of aldehydes is 2. The van der Waals surface area contributed by atoms with Crippen LogP contribution in [0.15, 0.2) is 0 Å². The lowest BCUT2D eigenvalue weighted by molar-refractivity contribution is -0.111. The van der Waals surface area contributed by atoms with Crippen LogP contribution < -0.4 is 0 Å². The molecule has 0 aromatic rings. The van der Waals surface area contributed by atoms with Crippen LogP contribution in [0.1, 0.15) is 13.3 Å². The minimum atomic E-state index is -4.64. The molecule has 0 heterocycles. The average Bonchev–Trinajstić information content (AvgIpc) is 2.14. The van der Waals surface area contributed by atoms with Gasteiger partial charge in [-0.3, -0.25) is 4.52 Å². The Morgan fingerprint density at radius 1 is 1.25 bits per heavy atom. The van der Waals surface area contributed by atoms with E-state index in [1.54, 1.807) is 0 Å². The van der Waals surface area contributed by atoms with Gasteiger partial charge in [0.15, 0.2) is 0 Å². The molecule has 0 fully saturated rings. The fourth-order valence-corrected chi connectivity index (χ4v) is 0.887. The van der Waals surface area contributed by atoms with E-state index in [0.717, 1.165) is 6.29 Å². The molecule has 96 valence electrons. The van der Waals surface area contributed by atoms with Crippen molar-refractivity contribution in [1.29, 1.82) is 0 Å². The molecule has 0 aliphatic heterocycles. The number of rotatable bonds is 6. The number of phosphoric acid groups is 1. The van der Waals surface area contributed by atoms with Gasteiger partial charge in [-0.1, -0.05) is 0 Å². The fraction of sp³-hybridized carbons (Fsp3) is 0.714. The van der Waals surface area contributed by atoms with Crippen LogP contribution in [-0.2, 0) is 18.7 Å². The average molecular weight is 258 g/mol. The van der Waals surface area contributed by atoms with E-state index in [1.807, 2.05) is 0 Å². The summed E-state index contributed by atoms with van der Waals surface area (Å²) in [6, 6.07) is 0. The van der Waals surface area contributed by atoms with Gasteiger partial charge < -0.3 is 29.6 Å². The van der Waals surface area contributed by atoms with Crippen LogP contribution in [0.4, 0.5) is 0 Å². The third kappa shape index (κ3) is 13.4. The number of aliphatic hydroxyl groups is 2. The molecule has 8 nitrogen and oxygen atoms in total. The summed E-state index contributed by atoms with van der Waals surface area (Å²) in [6.45, 7) is 0.722. The van der Waals surface area contributed by atoms with Gasteiger partial charge in [-0.15, -0.1) is 0 Å². The van der Waals surface area contributed by atoms with E-state index in [4.69, 9.17) is 24.8 Å². The van der Waals surface area contributed by atoms with Crippen LogP contribution in [0.2, 0.25) is 0 Å². The van der Waals surface area contributed by atoms with Gasteiger partial charge in [0.2, 0.25) is 0 Å². The van der Waals surface area contributed by atoms with Gasteiger partial charge in [-0.2, -0.15) is 0 Å². The smallest absolute Gasteiger partial charge is 0.390 e. The summed E-state index contributed by atoms with van der Waals surface area (Å²) in [5.41, 5.74) is 0. The van der Waals surface area contributed by atoms with Crippen molar-refractivity contribution in [3.05, 3.63) is 0 Å². The zero-order chi connectivity index (χ0) is 13.2. The molecule has 0 spiro atoms. The first-order valence-corrected chi connectivity index (χ1v) is 5.71. The molecule has 4 N–H and O–H groups in total. The molecule has 0 saturated carbocycles. The van der Waals surface area contributed by atoms with E-state index in [0.29, 0.717) is 6.29 Å². The predicted molar refractivity (Wildman–Crippen MR) is 52.4 cm³/mol. The van der Waals surface area contributed by atoms with E-state index < -0.39 is 26.6 Å². The zero-order valence-electron chi connectivity index (χ0n) is 8.59. The highest BCUT2D eigenvalue weighted by Gasteiger charge is 2.21. The molecule has 2 unspecified atom stereocenters. The molecule has 16 heavy (non-hydrogen) atoms. The van der Waals surface area contributed by atoms with Gasteiger partial charge in [-0.05, 0) is 6.92 Å². The molecule has 0 rings (SSSR count). The van der Waals surface area contributed by atoms with E-state index in [9.17, 15) is 9.36 Å². The summed E-state index contributed by atoms with van der Waals surface area (Å²) in [5, 5.41) is 17.8. The second kappa shape index (κ2) is 9.59. The van der Waals surface area contributed by atoms with Gasteiger partial charge in [0, 0.05) is 6.42 Å².